The highest BCUT2D eigenvalue weighted by molar-refractivity contribution is 5.74. The second-order valence-corrected chi connectivity index (χ2v) is 9.15. The quantitative estimate of drug-likeness (QED) is 0.307. The van der Waals surface area contributed by atoms with Crippen LogP contribution in [0.3, 0.4) is 0 Å². The molecule has 0 fully saturated rings. The van der Waals surface area contributed by atoms with Crippen LogP contribution in [0.4, 0.5) is 5.82 Å². The first-order valence-corrected chi connectivity index (χ1v) is 12.0. The van der Waals surface area contributed by atoms with Crippen molar-refractivity contribution in [2.24, 2.45) is 5.41 Å². The van der Waals surface area contributed by atoms with E-state index in [1.165, 1.54) is 38.5 Å². The first-order chi connectivity index (χ1) is 15.4. The highest BCUT2D eigenvalue weighted by Crippen LogP contribution is 2.23. The van der Waals surface area contributed by atoms with E-state index < -0.39 is 11.4 Å². The fourth-order valence-corrected chi connectivity index (χ4v) is 3.70. The Morgan fingerprint density at radius 1 is 0.969 bits per heavy atom. The van der Waals surface area contributed by atoms with Gasteiger partial charge in [0, 0.05) is 12.7 Å². The number of rotatable bonds is 16. The van der Waals surface area contributed by atoms with E-state index in [1.54, 1.807) is 13.8 Å². The van der Waals surface area contributed by atoms with Gasteiger partial charge in [-0.1, -0.05) is 63.6 Å². The van der Waals surface area contributed by atoms with Crippen LogP contribution in [-0.2, 0) is 11.2 Å². The van der Waals surface area contributed by atoms with Crippen LogP contribution in [0.2, 0.25) is 0 Å². The molecule has 2 aromatic rings. The number of ether oxygens (including phenoxy) is 1. The van der Waals surface area contributed by atoms with E-state index in [2.05, 4.69) is 22.9 Å². The maximum Gasteiger partial charge on any atom is 0.309 e. The summed E-state index contributed by atoms with van der Waals surface area (Å²) in [5.74, 6) is 1.01. The molecule has 0 atom stereocenters. The van der Waals surface area contributed by atoms with E-state index in [1.807, 2.05) is 42.6 Å². The van der Waals surface area contributed by atoms with E-state index >= 15 is 0 Å². The third kappa shape index (κ3) is 9.29. The minimum atomic E-state index is -0.784. The third-order valence-corrected chi connectivity index (χ3v) is 5.78. The lowest BCUT2D eigenvalue weighted by Crippen LogP contribution is -2.30. The predicted molar refractivity (Wildman–Crippen MR) is 132 cm³/mol. The predicted octanol–water partition coefficient (Wildman–Crippen LogP) is 6.37. The first-order valence-electron chi connectivity index (χ1n) is 12.0. The molecule has 0 aliphatic rings. The molecule has 176 valence electrons. The van der Waals surface area contributed by atoms with Crippen LogP contribution in [0.5, 0.6) is 5.75 Å². The van der Waals surface area contributed by atoms with Gasteiger partial charge in [0.1, 0.15) is 18.2 Å². The fraction of sp³-hybridized carbons (Fsp3) is 0.556. The van der Waals surface area contributed by atoms with E-state index in [-0.39, 0.29) is 0 Å². The Bertz CT molecular complexity index is 775. The topological polar surface area (TPSA) is 62.7 Å². The average molecular weight is 441 g/mol. The number of anilines is 1. The summed E-state index contributed by atoms with van der Waals surface area (Å²) >= 11 is 0. The zero-order chi connectivity index (χ0) is 23.2. The number of carboxylic acids is 1. The van der Waals surface area contributed by atoms with Gasteiger partial charge in [0.15, 0.2) is 0 Å². The molecule has 1 heterocycles. The number of unbranched alkanes of at least 4 members (excludes halogenated alkanes) is 6. The van der Waals surface area contributed by atoms with Gasteiger partial charge in [0.25, 0.3) is 0 Å². The van der Waals surface area contributed by atoms with Gasteiger partial charge in [-0.25, -0.2) is 4.98 Å². The van der Waals surface area contributed by atoms with Gasteiger partial charge in [-0.15, -0.1) is 0 Å². The molecule has 0 radical (unpaired) electrons. The van der Waals surface area contributed by atoms with Crippen LogP contribution >= 0.6 is 0 Å². The lowest BCUT2D eigenvalue weighted by Gasteiger charge is -2.24. The normalized spacial score (nSPS) is 11.3. The van der Waals surface area contributed by atoms with Gasteiger partial charge >= 0.3 is 5.97 Å². The summed E-state index contributed by atoms with van der Waals surface area (Å²) in [7, 11) is 0. The maximum atomic E-state index is 11.3. The number of aromatic nitrogens is 1. The van der Waals surface area contributed by atoms with Crippen molar-refractivity contribution in [2.45, 2.75) is 72.1 Å². The Morgan fingerprint density at radius 2 is 1.66 bits per heavy atom. The summed E-state index contributed by atoms with van der Waals surface area (Å²) in [5.41, 5.74) is 0.223. The monoisotopic (exact) mass is 440 g/mol. The summed E-state index contributed by atoms with van der Waals surface area (Å²) in [4.78, 5) is 18.2. The van der Waals surface area contributed by atoms with Crippen molar-refractivity contribution in [3.63, 3.8) is 0 Å². The lowest BCUT2D eigenvalue weighted by molar-refractivity contribution is -0.146. The van der Waals surface area contributed by atoms with Crippen LogP contribution in [0.15, 0.2) is 48.7 Å². The van der Waals surface area contributed by atoms with Gasteiger partial charge in [-0.3, -0.25) is 4.79 Å². The van der Waals surface area contributed by atoms with Crippen LogP contribution in [0.25, 0.3) is 0 Å². The summed E-state index contributed by atoms with van der Waals surface area (Å²) in [6, 6.07) is 13.8. The number of aliphatic carboxylic acids is 1. The zero-order valence-corrected chi connectivity index (χ0v) is 20.1. The molecule has 0 bridgehead atoms. The molecular weight excluding hydrogens is 400 g/mol. The molecule has 2 rings (SSSR count). The SMILES string of the molecule is CCCCCCCCCN(CCOc1ccc(CC(C)(C)C(=O)O)cc1)c1ccccn1. The number of hydrogen-bond donors (Lipinski definition) is 1. The van der Waals surface area contributed by atoms with Crippen LogP contribution < -0.4 is 9.64 Å². The van der Waals surface area contributed by atoms with E-state index in [9.17, 15) is 9.90 Å². The molecule has 0 saturated heterocycles. The molecule has 0 saturated carbocycles. The Labute approximate surface area is 193 Å². The number of carbonyl (C=O) groups is 1. The first kappa shape index (κ1) is 25.7. The Balaban J connectivity index is 1.81. The van der Waals surface area contributed by atoms with Gasteiger partial charge < -0.3 is 14.7 Å². The van der Waals surface area contributed by atoms with Crippen LogP contribution in [0, 0.1) is 5.41 Å². The van der Waals surface area contributed by atoms with Crippen molar-refractivity contribution in [1.82, 2.24) is 4.98 Å². The second kappa shape index (κ2) is 13.8. The summed E-state index contributed by atoms with van der Waals surface area (Å²) < 4.78 is 5.98. The van der Waals surface area contributed by atoms with Crippen molar-refractivity contribution in [3.05, 3.63) is 54.2 Å². The zero-order valence-electron chi connectivity index (χ0n) is 20.1. The number of hydrogen-bond acceptors (Lipinski definition) is 4. The smallest absolute Gasteiger partial charge is 0.309 e. The fourth-order valence-electron chi connectivity index (χ4n) is 3.70. The molecule has 1 N–H and O–H groups in total. The van der Waals surface area contributed by atoms with Crippen molar-refractivity contribution in [3.8, 4) is 5.75 Å². The number of pyridine rings is 1. The summed E-state index contributed by atoms with van der Waals surface area (Å²) in [6.45, 7) is 8.08. The summed E-state index contributed by atoms with van der Waals surface area (Å²) in [6.07, 6.45) is 11.4. The number of nitrogens with zero attached hydrogens (tertiary/aromatic N) is 2. The van der Waals surface area contributed by atoms with Crippen molar-refractivity contribution in [1.29, 1.82) is 0 Å². The molecule has 32 heavy (non-hydrogen) atoms. The Kier molecular flexibility index (Phi) is 11.1. The maximum absolute atomic E-state index is 11.3. The van der Waals surface area contributed by atoms with E-state index in [0.717, 1.165) is 36.6 Å². The standard InChI is InChI=1S/C27H40N2O3/c1-4-5-6-7-8-9-12-19-29(25-13-10-11-18-28-25)20-21-32-24-16-14-23(15-17-24)22-27(2,3)26(30)31/h10-11,13-18H,4-9,12,19-22H2,1-3H3,(H,30,31). The van der Waals surface area contributed by atoms with Gasteiger partial charge in [0.2, 0.25) is 0 Å². The third-order valence-electron chi connectivity index (χ3n) is 5.78. The average Bonchev–Trinajstić information content (AvgIpc) is 2.78. The highest BCUT2D eigenvalue weighted by atomic mass is 16.5. The molecule has 1 aromatic carbocycles. The minimum absolute atomic E-state index is 0.495. The second-order valence-electron chi connectivity index (χ2n) is 9.15. The van der Waals surface area contributed by atoms with E-state index in [0.29, 0.717) is 13.0 Å². The molecule has 5 heteroatoms. The summed E-state index contributed by atoms with van der Waals surface area (Å²) in [5, 5.41) is 9.31. The van der Waals surface area contributed by atoms with Crippen molar-refractivity contribution in [2.75, 3.05) is 24.6 Å². The lowest BCUT2D eigenvalue weighted by atomic mass is 9.86. The van der Waals surface area contributed by atoms with Gasteiger partial charge in [-0.2, -0.15) is 0 Å². The Hall–Kier alpha value is -2.56. The van der Waals surface area contributed by atoms with Gasteiger partial charge in [0.05, 0.1) is 12.0 Å². The number of carboxylic acid groups (broad SMARTS) is 1. The molecule has 0 spiro atoms. The number of benzene rings is 1. The van der Waals surface area contributed by atoms with Crippen LogP contribution in [-0.4, -0.2) is 35.8 Å². The molecule has 0 amide bonds. The van der Waals surface area contributed by atoms with Crippen molar-refractivity contribution < 1.29 is 14.6 Å². The van der Waals surface area contributed by atoms with Gasteiger partial charge in [-0.05, 0) is 56.5 Å². The molecule has 1 aromatic heterocycles. The Morgan fingerprint density at radius 3 is 2.28 bits per heavy atom. The molecule has 0 unspecified atom stereocenters. The molecule has 0 aliphatic carbocycles. The van der Waals surface area contributed by atoms with E-state index in [4.69, 9.17) is 4.74 Å². The minimum Gasteiger partial charge on any atom is -0.492 e. The van der Waals surface area contributed by atoms with Crippen molar-refractivity contribution >= 4 is 11.8 Å². The van der Waals surface area contributed by atoms with Crippen LogP contribution in [0.1, 0.15) is 71.3 Å². The molecule has 0 aliphatic heterocycles. The molecular formula is C27H40N2O3. The highest BCUT2D eigenvalue weighted by Gasteiger charge is 2.27. The molecule has 5 nitrogen and oxygen atoms in total. The largest absolute Gasteiger partial charge is 0.492 e.